The molecular formula is C25H25ClN4O4. The zero-order chi connectivity index (χ0) is 24.4. The van der Waals surface area contributed by atoms with Gasteiger partial charge in [-0.25, -0.2) is 4.90 Å². The molecule has 0 radical (unpaired) electrons. The highest BCUT2D eigenvalue weighted by atomic mass is 35.5. The van der Waals surface area contributed by atoms with Crippen molar-refractivity contribution >= 4 is 46.6 Å². The average Bonchev–Trinajstić information content (AvgIpc) is 3.40. The van der Waals surface area contributed by atoms with E-state index in [2.05, 4.69) is 10.6 Å². The lowest BCUT2D eigenvalue weighted by Crippen LogP contribution is -2.53. The van der Waals surface area contributed by atoms with Gasteiger partial charge < -0.3 is 11.1 Å². The molecular weight excluding hydrogens is 456 g/mol. The number of nitrogens with zero attached hydrogens (tertiary/aromatic N) is 1. The van der Waals surface area contributed by atoms with E-state index in [0.29, 0.717) is 27.5 Å². The van der Waals surface area contributed by atoms with E-state index >= 15 is 0 Å². The Balaban J connectivity index is 1.64. The lowest BCUT2D eigenvalue weighted by molar-refractivity contribution is -0.130. The van der Waals surface area contributed by atoms with E-state index in [1.54, 1.807) is 31.2 Å². The highest BCUT2D eigenvalue weighted by molar-refractivity contribution is 6.32. The van der Waals surface area contributed by atoms with Gasteiger partial charge in [-0.15, -0.1) is 0 Å². The molecule has 1 spiro atoms. The number of imide groups is 1. The van der Waals surface area contributed by atoms with Crippen LogP contribution >= 0.6 is 11.6 Å². The fraction of sp³-hybridized carbons (Fsp3) is 0.360. The predicted molar refractivity (Wildman–Crippen MR) is 127 cm³/mol. The van der Waals surface area contributed by atoms with Crippen molar-refractivity contribution in [3.05, 3.63) is 58.1 Å². The molecule has 2 aromatic rings. The Labute approximate surface area is 201 Å². The van der Waals surface area contributed by atoms with E-state index in [4.69, 9.17) is 17.3 Å². The minimum atomic E-state index is -1.44. The van der Waals surface area contributed by atoms with Crippen molar-refractivity contribution in [2.75, 3.05) is 10.2 Å². The molecule has 3 heterocycles. The third-order valence-electron chi connectivity index (χ3n) is 7.39. The number of primary amides is 1. The summed E-state index contributed by atoms with van der Waals surface area (Å²) in [5.74, 6) is -3.53. The molecule has 0 saturated carbocycles. The molecule has 0 aliphatic carbocycles. The van der Waals surface area contributed by atoms with Crippen molar-refractivity contribution in [2.24, 2.45) is 17.6 Å². The summed E-state index contributed by atoms with van der Waals surface area (Å²) in [6.07, 6.45) is 1.08. The summed E-state index contributed by atoms with van der Waals surface area (Å²) in [6.45, 7) is 3.81. The van der Waals surface area contributed by atoms with Crippen molar-refractivity contribution in [2.45, 2.75) is 44.7 Å². The molecule has 3 aliphatic rings. The second kappa shape index (κ2) is 7.92. The van der Waals surface area contributed by atoms with E-state index < -0.39 is 41.1 Å². The Hall–Kier alpha value is -3.23. The number of hydrogen-bond acceptors (Lipinski definition) is 5. The molecule has 5 rings (SSSR count). The topological polar surface area (TPSA) is 122 Å². The minimum absolute atomic E-state index is 0.0256. The molecule has 4 atom stereocenters. The summed E-state index contributed by atoms with van der Waals surface area (Å²) < 4.78 is 0. The van der Waals surface area contributed by atoms with Crippen LogP contribution in [-0.2, 0) is 31.1 Å². The molecule has 2 aromatic carbocycles. The van der Waals surface area contributed by atoms with Gasteiger partial charge in [-0.1, -0.05) is 36.7 Å². The molecule has 2 fully saturated rings. The van der Waals surface area contributed by atoms with Crippen molar-refractivity contribution in [3.63, 3.8) is 0 Å². The van der Waals surface area contributed by atoms with E-state index in [9.17, 15) is 19.2 Å². The Morgan fingerprint density at radius 3 is 2.47 bits per heavy atom. The second-order valence-electron chi connectivity index (χ2n) is 9.15. The van der Waals surface area contributed by atoms with Gasteiger partial charge in [-0.05, 0) is 49.1 Å². The Morgan fingerprint density at radius 1 is 1.12 bits per heavy atom. The van der Waals surface area contributed by atoms with Gasteiger partial charge in [-0.2, -0.15) is 0 Å². The summed E-state index contributed by atoms with van der Waals surface area (Å²) in [5, 5.41) is 6.67. The first-order valence-corrected chi connectivity index (χ1v) is 11.7. The number of aryl methyl sites for hydroxylation is 1. The number of benzene rings is 2. The number of fused-ring (bicyclic) bond motifs is 4. The number of carbonyl (C=O) groups is 4. The average molecular weight is 481 g/mol. The molecule has 2 saturated heterocycles. The predicted octanol–water partition coefficient (Wildman–Crippen LogP) is 2.40. The SMILES string of the molecule is CCc1ccc(N2C(=O)[C@H]3[C@H](CCC(N)=O)N[C@]4(C(=O)Nc5c4ccc(Cl)c5C)[C@@H]3C2=O)cc1. The lowest BCUT2D eigenvalue weighted by atomic mass is 9.76. The van der Waals surface area contributed by atoms with E-state index in [-0.39, 0.29) is 18.7 Å². The van der Waals surface area contributed by atoms with Gasteiger partial charge in [0.2, 0.25) is 23.6 Å². The van der Waals surface area contributed by atoms with E-state index in [0.717, 1.165) is 12.0 Å². The monoisotopic (exact) mass is 480 g/mol. The number of hydrogen-bond donors (Lipinski definition) is 3. The summed E-state index contributed by atoms with van der Waals surface area (Å²) in [5.41, 5.74) is 7.30. The van der Waals surface area contributed by atoms with Crippen LogP contribution in [0.25, 0.3) is 0 Å². The second-order valence-corrected chi connectivity index (χ2v) is 9.56. The fourth-order valence-corrected chi connectivity index (χ4v) is 5.83. The van der Waals surface area contributed by atoms with Crippen molar-refractivity contribution < 1.29 is 19.2 Å². The number of carbonyl (C=O) groups excluding carboxylic acids is 4. The molecule has 0 bridgehead atoms. The standard InChI is InChI=1S/C25H25ClN4O4/c1-3-13-4-6-14(7-5-13)30-22(32)19-17(10-11-18(27)31)29-25(20(19)23(30)33)15-8-9-16(26)12(2)21(15)28-24(25)34/h4-9,17,19-20,29H,3,10-11H2,1-2H3,(H2,27,31)(H,28,34)/t17-,19-,20-,25-/m0/s1. The van der Waals surface area contributed by atoms with Gasteiger partial charge in [0.1, 0.15) is 5.54 Å². The largest absolute Gasteiger partial charge is 0.370 e. The molecule has 176 valence electrons. The molecule has 0 unspecified atom stereocenters. The maximum Gasteiger partial charge on any atom is 0.250 e. The van der Waals surface area contributed by atoms with Crippen molar-refractivity contribution in [3.8, 4) is 0 Å². The van der Waals surface area contributed by atoms with Crippen LogP contribution < -0.4 is 21.3 Å². The molecule has 8 nitrogen and oxygen atoms in total. The summed E-state index contributed by atoms with van der Waals surface area (Å²) >= 11 is 6.29. The Morgan fingerprint density at radius 2 is 1.82 bits per heavy atom. The van der Waals surface area contributed by atoms with E-state index in [1.807, 2.05) is 19.1 Å². The molecule has 0 aromatic heterocycles. The molecule has 4 amide bonds. The number of anilines is 2. The maximum atomic E-state index is 13.9. The number of nitrogens with one attached hydrogen (secondary N) is 2. The smallest absolute Gasteiger partial charge is 0.250 e. The number of rotatable bonds is 5. The van der Waals surface area contributed by atoms with Crippen molar-refractivity contribution in [1.29, 1.82) is 0 Å². The van der Waals surface area contributed by atoms with Crippen LogP contribution in [0.15, 0.2) is 36.4 Å². The highest BCUT2D eigenvalue weighted by Gasteiger charge is 2.70. The summed E-state index contributed by atoms with van der Waals surface area (Å²) in [7, 11) is 0. The molecule has 34 heavy (non-hydrogen) atoms. The van der Waals surface area contributed by atoms with Crippen LogP contribution in [0.3, 0.4) is 0 Å². The number of halogens is 1. The zero-order valence-corrected chi connectivity index (χ0v) is 19.6. The summed E-state index contributed by atoms with van der Waals surface area (Å²) in [6, 6.07) is 10.1. The highest BCUT2D eigenvalue weighted by Crippen LogP contribution is 2.55. The summed E-state index contributed by atoms with van der Waals surface area (Å²) in [4.78, 5) is 53.8. The van der Waals surface area contributed by atoms with Crippen LogP contribution in [0, 0.1) is 18.8 Å². The first-order chi connectivity index (χ1) is 16.2. The first-order valence-electron chi connectivity index (χ1n) is 11.3. The van der Waals surface area contributed by atoms with Gasteiger partial charge in [0.25, 0.3) is 0 Å². The first kappa shape index (κ1) is 22.6. The molecule has 9 heteroatoms. The van der Waals surface area contributed by atoms with Gasteiger partial charge in [-0.3, -0.25) is 24.5 Å². The van der Waals surface area contributed by atoms with Crippen LogP contribution in [0.5, 0.6) is 0 Å². The normalized spacial score (nSPS) is 27.3. The zero-order valence-electron chi connectivity index (χ0n) is 18.9. The van der Waals surface area contributed by atoms with Gasteiger partial charge >= 0.3 is 0 Å². The van der Waals surface area contributed by atoms with Crippen molar-refractivity contribution in [1.82, 2.24) is 5.32 Å². The Bertz CT molecular complexity index is 1240. The third kappa shape index (κ3) is 3.02. The van der Waals surface area contributed by atoms with Crippen LogP contribution in [0.1, 0.15) is 36.5 Å². The lowest BCUT2D eigenvalue weighted by Gasteiger charge is -2.29. The van der Waals surface area contributed by atoms with Crippen LogP contribution in [0.4, 0.5) is 11.4 Å². The van der Waals surface area contributed by atoms with Gasteiger partial charge in [0, 0.05) is 23.0 Å². The maximum absolute atomic E-state index is 13.9. The third-order valence-corrected chi connectivity index (χ3v) is 7.80. The minimum Gasteiger partial charge on any atom is -0.370 e. The van der Waals surface area contributed by atoms with Crippen LogP contribution in [-0.4, -0.2) is 29.7 Å². The Kier molecular flexibility index (Phi) is 5.26. The van der Waals surface area contributed by atoms with Gasteiger partial charge in [0.15, 0.2) is 0 Å². The van der Waals surface area contributed by atoms with E-state index in [1.165, 1.54) is 4.90 Å². The molecule has 3 aliphatic heterocycles. The number of nitrogens with two attached hydrogens (primary N) is 1. The van der Waals surface area contributed by atoms with Gasteiger partial charge in [0.05, 0.1) is 23.2 Å². The van der Waals surface area contributed by atoms with Crippen LogP contribution in [0.2, 0.25) is 5.02 Å². The number of amides is 4. The fourth-order valence-electron chi connectivity index (χ4n) is 5.67. The quantitative estimate of drug-likeness (QED) is 0.567. The molecule has 4 N–H and O–H groups in total.